The van der Waals surface area contributed by atoms with Crippen molar-refractivity contribution in [2.24, 2.45) is 0 Å². The topological polar surface area (TPSA) is 77.8 Å². The zero-order chi connectivity index (χ0) is 11.9. The average Bonchev–Trinajstić information content (AvgIpc) is 2.16. The predicted octanol–water partition coefficient (Wildman–Crippen LogP) is 1.91. The van der Waals surface area contributed by atoms with Crippen molar-refractivity contribution in [1.29, 1.82) is 0 Å². The molecule has 4 heteroatoms. The van der Waals surface area contributed by atoms with Gasteiger partial charge in [-0.25, -0.2) is 0 Å². The van der Waals surface area contributed by atoms with Crippen molar-refractivity contribution in [2.75, 3.05) is 0 Å². The SMILES string of the molecule is Cc1c(O)ccc(C2(C(=O)O)CCC2)c1O. The maximum absolute atomic E-state index is 11.3. The lowest BCUT2D eigenvalue weighted by Crippen LogP contribution is -2.42. The molecule has 0 aromatic heterocycles. The van der Waals surface area contributed by atoms with E-state index >= 15 is 0 Å². The van der Waals surface area contributed by atoms with Crippen LogP contribution < -0.4 is 0 Å². The van der Waals surface area contributed by atoms with Crippen molar-refractivity contribution in [3.8, 4) is 11.5 Å². The molecule has 16 heavy (non-hydrogen) atoms. The molecule has 3 N–H and O–H groups in total. The van der Waals surface area contributed by atoms with Crippen molar-refractivity contribution in [2.45, 2.75) is 31.6 Å². The number of hydrogen-bond acceptors (Lipinski definition) is 3. The minimum Gasteiger partial charge on any atom is -0.508 e. The number of benzene rings is 1. The van der Waals surface area contributed by atoms with Crippen molar-refractivity contribution >= 4 is 5.97 Å². The molecule has 1 aliphatic rings. The van der Waals surface area contributed by atoms with Gasteiger partial charge in [-0.1, -0.05) is 12.5 Å². The highest BCUT2D eigenvalue weighted by atomic mass is 16.4. The van der Waals surface area contributed by atoms with Gasteiger partial charge in [0.25, 0.3) is 0 Å². The third-order valence-corrected chi connectivity index (χ3v) is 3.53. The molecular weight excluding hydrogens is 208 g/mol. The van der Waals surface area contributed by atoms with E-state index in [9.17, 15) is 20.1 Å². The molecule has 0 saturated heterocycles. The summed E-state index contributed by atoms with van der Waals surface area (Å²) >= 11 is 0. The number of carboxylic acids is 1. The van der Waals surface area contributed by atoms with Crippen LogP contribution in [0.3, 0.4) is 0 Å². The van der Waals surface area contributed by atoms with Gasteiger partial charge >= 0.3 is 5.97 Å². The molecule has 0 spiro atoms. The van der Waals surface area contributed by atoms with Crippen LogP contribution in [0.15, 0.2) is 12.1 Å². The number of aliphatic carboxylic acids is 1. The molecule has 86 valence electrons. The maximum Gasteiger partial charge on any atom is 0.314 e. The van der Waals surface area contributed by atoms with Gasteiger partial charge in [-0.3, -0.25) is 4.79 Å². The Balaban J connectivity index is 2.56. The van der Waals surface area contributed by atoms with E-state index < -0.39 is 11.4 Å². The summed E-state index contributed by atoms with van der Waals surface area (Å²) in [5, 5.41) is 28.6. The summed E-state index contributed by atoms with van der Waals surface area (Å²) in [5.41, 5.74) is -0.200. The molecule has 4 nitrogen and oxygen atoms in total. The van der Waals surface area contributed by atoms with Gasteiger partial charge in [0.2, 0.25) is 0 Å². The Bertz CT molecular complexity index is 447. The summed E-state index contributed by atoms with van der Waals surface area (Å²) in [4.78, 5) is 11.3. The van der Waals surface area contributed by atoms with Crippen molar-refractivity contribution < 1.29 is 20.1 Å². The third-order valence-electron chi connectivity index (χ3n) is 3.53. The fourth-order valence-corrected chi connectivity index (χ4v) is 2.20. The second-order valence-corrected chi connectivity index (χ2v) is 4.35. The van der Waals surface area contributed by atoms with Gasteiger partial charge in [0.15, 0.2) is 0 Å². The first kappa shape index (κ1) is 10.8. The van der Waals surface area contributed by atoms with Crippen LogP contribution in [0.1, 0.15) is 30.4 Å². The zero-order valence-electron chi connectivity index (χ0n) is 9.03. The molecule has 1 aromatic carbocycles. The molecule has 0 unspecified atom stereocenters. The first-order chi connectivity index (χ1) is 7.49. The first-order valence-electron chi connectivity index (χ1n) is 5.24. The van der Waals surface area contributed by atoms with Gasteiger partial charge in [-0.2, -0.15) is 0 Å². The maximum atomic E-state index is 11.3. The van der Waals surface area contributed by atoms with Crippen LogP contribution in [-0.4, -0.2) is 21.3 Å². The van der Waals surface area contributed by atoms with E-state index in [1.807, 2.05) is 0 Å². The fourth-order valence-electron chi connectivity index (χ4n) is 2.20. The number of carboxylic acid groups (broad SMARTS) is 1. The van der Waals surface area contributed by atoms with Crippen LogP contribution in [0.25, 0.3) is 0 Å². The first-order valence-corrected chi connectivity index (χ1v) is 5.24. The average molecular weight is 222 g/mol. The van der Waals surface area contributed by atoms with E-state index in [1.165, 1.54) is 12.1 Å². The van der Waals surface area contributed by atoms with E-state index in [0.29, 0.717) is 24.0 Å². The minimum absolute atomic E-state index is 0.0129. The highest BCUT2D eigenvalue weighted by molar-refractivity contribution is 5.84. The van der Waals surface area contributed by atoms with E-state index in [-0.39, 0.29) is 11.5 Å². The molecule has 0 aliphatic heterocycles. The molecular formula is C12H14O4. The zero-order valence-corrected chi connectivity index (χ0v) is 9.03. The lowest BCUT2D eigenvalue weighted by atomic mass is 9.64. The molecule has 1 fully saturated rings. The van der Waals surface area contributed by atoms with Crippen LogP contribution >= 0.6 is 0 Å². The van der Waals surface area contributed by atoms with Crippen molar-refractivity contribution in [3.05, 3.63) is 23.3 Å². The summed E-state index contributed by atoms with van der Waals surface area (Å²) in [7, 11) is 0. The Hall–Kier alpha value is -1.71. The lowest BCUT2D eigenvalue weighted by molar-refractivity contribution is -0.147. The number of rotatable bonds is 2. The monoisotopic (exact) mass is 222 g/mol. The highest BCUT2D eigenvalue weighted by Crippen LogP contribution is 2.48. The van der Waals surface area contributed by atoms with E-state index in [1.54, 1.807) is 6.92 Å². The largest absolute Gasteiger partial charge is 0.508 e. The standard InChI is InChI=1S/C12H14O4/c1-7-9(13)4-3-8(10(7)14)12(11(15)16)5-2-6-12/h3-4,13-14H,2,5-6H2,1H3,(H,15,16). The van der Waals surface area contributed by atoms with E-state index in [0.717, 1.165) is 6.42 Å². The quantitative estimate of drug-likeness (QED) is 0.714. The van der Waals surface area contributed by atoms with Crippen LogP contribution in [0.4, 0.5) is 0 Å². The Morgan fingerprint density at radius 3 is 2.38 bits per heavy atom. The Morgan fingerprint density at radius 2 is 1.94 bits per heavy atom. The molecule has 0 atom stereocenters. The Labute approximate surface area is 93.2 Å². The van der Waals surface area contributed by atoms with Gasteiger partial charge in [-0.15, -0.1) is 0 Å². The predicted molar refractivity (Wildman–Crippen MR) is 57.7 cm³/mol. The minimum atomic E-state index is -0.956. The smallest absolute Gasteiger partial charge is 0.314 e. The third kappa shape index (κ3) is 1.26. The van der Waals surface area contributed by atoms with Crippen molar-refractivity contribution in [3.63, 3.8) is 0 Å². The Morgan fingerprint density at radius 1 is 1.31 bits per heavy atom. The summed E-state index contributed by atoms with van der Waals surface area (Å²) in [5.74, 6) is -1.01. The molecule has 0 bridgehead atoms. The lowest BCUT2D eigenvalue weighted by Gasteiger charge is -2.38. The molecule has 2 rings (SSSR count). The number of phenolic OH excluding ortho intramolecular Hbond substituents is 2. The molecule has 1 saturated carbocycles. The summed E-state index contributed by atoms with van der Waals surface area (Å²) in [6.07, 6.45) is 1.94. The highest BCUT2D eigenvalue weighted by Gasteiger charge is 2.47. The fraction of sp³-hybridized carbons (Fsp3) is 0.417. The van der Waals surface area contributed by atoms with Gasteiger partial charge in [0.05, 0.1) is 5.41 Å². The van der Waals surface area contributed by atoms with E-state index in [4.69, 9.17) is 0 Å². The van der Waals surface area contributed by atoms with E-state index in [2.05, 4.69) is 0 Å². The molecule has 1 aliphatic carbocycles. The van der Waals surface area contributed by atoms with Crippen LogP contribution in [0.5, 0.6) is 11.5 Å². The van der Waals surface area contributed by atoms with Gasteiger partial charge in [0.1, 0.15) is 11.5 Å². The van der Waals surface area contributed by atoms with Gasteiger partial charge in [0, 0.05) is 11.1 Å². The second-order valence-electron chi connectivity index (χ2n) is 4.35. The molecule has 0 heterocycles. The number of hydrogen-bond donors (Lipinski definition) is 3. The normalized spacial score (nSPS) is 17.8. The molecule has 0 amide bonds. The number of phenols is 2. The van der Waals surface area contributed by atoms with Crippen LogP contribution in [0, 0.1) is 6.92 Å². The summed E-state index contributed by atoms with van der Waals surface area (Å²) in [6.45, 7) is 1.57. The van der Waals surface area contributed by atoms with Crippen LogP contribution in [0.2, 0.25) is 0 Å². The van der Waals surface area contributed by atoms with Gasteiger partial charge in [-0.05, 0) is 25.8 Å². The second kappa shape index (κ2) is 3.40. The summed E-state index contributed by atoms with van der Waals surface area (Å²) in [6, 6.07) is 2.94. The Kier molecular flexibility index (Phi) is 2.30. The summed E-state index contributed by atoms with van der Waals surface area (Å²) < 4.78 is 0. The van der Waals surface area contributed by atoms with Crippen molar-refractivity contribution in [1.82, 2.24) is 0 Å². The van der Waals surface area contributed by atoms with Gasteiger partial charge < -0.3 is 15.3 Å². The molecule has 0 radical (unpaired) electrons. The van der Waals surface area contributed by atoms with Crippen LogP contribution in [-0.2, 0) is 10.2 Å². The molecule has 1 aromatic rings. The number of aromatic hydroxyl groups is 2. The number of carbonyl (C=O) groups is 1.